The Morgan fingerprint density at radius 3 is 2.45 bits per heavy atom. The van der Waals surface area contributed by atoms with Crippen LogP contribution in [-0.2, 0) is 9.47 Å². The second-order valence-corrected chi connectivity index (χ2v) is 9.14. The summed E-state index contributed by atoms with van der Waals surface area (Å²) in [5.41, 5.74) is 2.51. The van der Waals surface area contributed by atoms with Gasteiger partial charge in [-0.05, 0) is 45.7 Å². The lowest BCUT2D eigenvalue weighted by atomic mass is 9.91. The quantitative estimate of drug-likeness (QED) is 0.739. The Labute approximate surface area is 183 Å². The molecule has 8 nitrogen and oxygen atoms in total. The van der Waals surface area contributed by atoms with E-state index in [1.165, 1.54) is 0 Å². The smallest absolute Gasteiger partial charge is 0.410 e. The van der Waals surface area contributed by atoms with Crippen LogP contribution in [0.5, 0.6) is 5.75 Å². The van der Waals surface area contributed by atoms with Crippen molar-refractivity contribution >= 4 is 22.7 Å². The summed E-state index contributed by atoms with van der Waals surface area (Å²) >= 11 is 0. The first-order valence-electron chi connectivity index (χ1n) is 11.0. The van der Waals surface area contributed by atoms with Crippen molar-refractivity contribution in [3.8, 4) is 5.75 Å². The van der Waals surface area contributed by atoms with E-state index in [9.17, 15) is 4.79 Å². The normalized spacial score (nSPS) is 18.3. The number of hydrogen-bond acceptors (Lipinski definition) is 7. The lowest BCUT2D eigenvalue weighted by Crippen LogP contribution is -2.41. The first-order chi connectivity index (χ1) is 14.9. The van der Waals surface area contributed by atoms with Crippen molar-refractivity contribution in [2.45, 2.75) is 45.1 Å². The SMILES string of the molecule is COc1cc2c(C3CCN(C(=O)OC(C)(C)C)CC3)ncnc2cc1N1CCOCC1. The number of fused-ring (bicyclic) bond motifs is 1. The second kappa shape index (κ2) is 8.86. The van der Waals surface area contributed by atoms with Gasteiger partial charge < -0.3 is 24.0 Å². The third-order valence-corrected chi connectivity index (χ3v) is 5.85. The van der Waals surface area contributed by atoms with Crippen LogP contribution in [0.3, 0.4) is 0 Å². The first kappa shape index (κ1) is 21.6. The summed E-state index contributed by atoms with van der Waals surface area (Å²) in [5, 5.41) is 1.02. The molecule has 2 aliphatic rings. The Hall–Kier alpha value is -2.61. The first-order valence-corrected chi connectivity index (χ1v) is 11.0. The number of carbonyl (C=O) groups excluding carboxylic acids is 1. The highest BCUT2D eigenvalue weighted by Crippen LogP contribution is 2.37. The molecule has 4 rings (SSSR count). The summed E-state index contributed by atoms with van der Waals surface area (Å²) in [6.45, 7) is 10.1. The van der Waals surface area contributed by atoms with Crippen molar-refractivity contribution in [2.75, 3.05) is 51.4 Å². The standard InChI is InChI=1S/C23H32N4O4/c1-23(2,3)31-22(28)27-7-5-16(6-8-27)21-17-13-20(29-4)19(14-18(17)24-15-25-21)26-9-11-30-12-10-26/h13-16H,5-12H2,1-4H3. The van der Waals surface area contributed by atoms with Crippen molar-refractivity contribution in [3.63, 3.8) is 0 Å². The van der Waals surface area contributed by atoms with Gasteiger partial charge in [0, 0.05) is 37.5 Å². The molecule has 0 aliphatic carbocycles. The van der Waals surface area contributed by atoms with Gasteiger partial charge in [-0.2, -0.15) is 0 Å². The van der Waals surface area contributed by atoms with Crippen LogP contribution in [0.4, 0.5) is 10.5 Å². The lowest BCUT2D eigenvalue weighted by Gasteiger charge is -2.33. The monoisotopic (exact) mass is 428 g/mol. The third-order valence-electron chi connectivity index (χ3n) is 5.85. The molecule has 1 aromatic carbocycles. The number of likely N-dealkylation sites (tertiary alicyclic amines) is 1. The van der Waals surface area contributed by atoms with Gasteiger partial charge in [-0.15, -0.1) is 0 Å². The van der Waals surface area contributed by atoms with Crippen LogP contribution in [0, 0.1) is 0 Å². The van der Waals surface area contributed by atoms with E-state index in [4.69, 9.17) is 14.2 Å². The van der Waals surface area contributed by atoms with Crippen LogP contribution in [0.25, 0.3) is 10.9 Å². The molecular weight excluding hydrogens is 396 g/mol. The molecule has 8 heteroatoms. The summed E-state index contributed by atoms with van der Waals surface area (Å²) in [4.78, 5) is 25.6. The van der Waals surface area contributed by atoms with E-state index in [1.54, 1.807) is 18.3 Å². The summed E-state index contributed by atoms with van der Waals surface area (Å²) < 4.78 is 16.7. The molecule has 0 spiro atoms. The fourth-order valence-electron chi connectivity index (χ4n) is 4.29. The number of aromatic nitrogens is 2. The van der Waals surface area contributed by atoms with Crippen LogP contribution in [0.15, 0.2) is 18.5 Å². The van der Waals surface area contributed by atoms with Gasteiger partial charge in [0.15, 0.2) is 0 Å². The highest BCUT2D eigenvalue weighted by molar-refractivity contribution is 5.88. The van der Waals surface area contributed by atoms with Gasteiger partial charge in [-0.1, -0.05) is 0 Å². The van der Waals surface area contributed by atoms with E-state index in [2.05, 4.69) is 27.0 Å². The van der Waals surface area contributed by atoms with Crippen molar-refractivity contribution in [2.24, 2.45) is 0 Å². The number of benzene rings is 1. The molecule has 0 unspecified atom stereocenters. The van der Waals surface area contributed by atoms with Crippen molar-refractivity contribution in [1.82, 2.24) is 14.9 Å². The van der Waals surface area contributed by atoms with Crippen LogP contribution < -0.4 is 9.64 Å². The highest BCUT2D eigenvalue weighted by Gasteiger charge is 2.29. The summed E-state index contributed by atoms with van der Waals surface area (Å²) in [7, 11) is 1.70. The van der Waals surface area contributed by atoms with Crippen molar-refractivity contribution in [3.05, 3.63) is 24.2 Å². The molecule has 0 N–H and O–H groups in total. The number of amides is 1. The molecular formula is C23H32N4O4. The molecule has 0 bridgehead atoms. The van der Waals surface area contributed by atoms with E-state index in [1.807, 2.05) is 20.8 Å². The summed E-state index contributed by atoms with van der Waals surface area (Å²) in [5.74, 6) is 1.10. The van der Waals surface area contributed by atoms with Crippen LogP contribution in [-0.4, -0.2) is 73.1 Å². The van der Waals surface area contributed by atoms with Gasteiger partial charge >= 0.3 is 6.09 Å². The fourth-order valence-corrected chi connectivity index (χ4v) is 4.29. The molecule has 0 radical (unpaired) electrons. The number of anilines is 1. The average molecular weight is 429 g/mol. The van der Waals surface area contributed by atoms with Gasteiger partial charge in [0.1, 0.15) is 17.7 Å². The topological polar surface area (TPSA) is 77.0 Å². The predicted molar refractivity (Wildman–Crippen MR) is 119 cm³/mol. The number of nitrogens with zero attached hydrogens (tertiary/aromatic N) is 4. The Balaban J connectivity index is 1.55. The molecule has 1 amide bonds. The van der Waals surface area contributed by atoms with Gasteiger partial charge in [0.2, 0.25) is 0 Å². The summed E-state index contributed by atoms with van der Waals surface area (Å²) in [6.07, 6.45) is 3.10. The Morgan fingerprint density at radius 2 is 1.81 bits per heavy atom. The number of carbonyl (C=O) groups is 1. The zero-order valence-electron chi connectivity index (χ0n) is 18.9. The number of piperidine rings is 1. The van der Waals surface area contributed by atoms with E-state index in [-0.39, 0.29) is 12.0 Å². The number of hydrogen-bond donors (Lipinski definition) is 0. The maximum atomic E-state index is 12.4. The van der Waals surface area contributed by atoms with Gasteiger partial charge in [0.25, 0.3) is 0 Å². The average Bonchev–Trinajstić information content (AvgIpc) is 2.77. The van der Waals surface area contributed by atoms with Crippen LogP contribution in [0.2, 0.25) is 0 Å². The fraction of sp³-hybridized carbons (Fsp3) is 0.609. The number of rotatable bonds is 3. The molecule has 31 heavy (non-hydrogen) atoms. The minimum atomic E-state index is -0.481. The molecule has 2 fully saturated rings. The molecule has 2 aliphatic heterocycles. The predicted octanol–water partition coefficient (Wildman–Crippen LogP) is 3.59. The lowest BCUT2D eigenvalue weighted by molar-refractivity contribution is 0.0204. The summed E-state index contributed by atoms with van der Waals surface area (Å²) in [6, 6.07) is 4.16. The third kappa shape index (κ3) is 4.84. The van der Waals surface area contributed by atoms with E-state index >= 15 is 0 Å². The van der Waals surface area contributed by atoms with Gasteiger partial charge in [-0.3, -0.25) is 0 Å². The highest BCUT2D eigenvalue weighted by atomic mass is 16.6. The second-order valence-electron chi connectivity index (χ2n) is 9.14. The number of ether oxygens (including phenoxy) is 3. The van der Waals surface area contributed by atoms with Crippen molar-refractivity contribution < 1.29 is 19.0 Å². The zero-order chi connectivity index (χ0) is 22.0. The maximum Gasteiger partial charge on any atom is 0.410 e. The maximum absolute atomic E-state index is 12.4. The molecule has 0 atom stereocenters. The minimum absolute atomic E-state index is 0.240. The molecule has 168 valence electrons. The number of morpholine rings is 1. The van der Waals surface area contributed by atoms with Crippen LogP contribution >= 0.6 is 0 Å². The van der Waals surface area contributed by atoms with E-state index in [0.717, 1.165) is 54.0 Å². The molecule has 0 saturated carbocycles. The van der Waals surface area contributed by atoms with Crippen molar-refractivity contribution in [1.29, 1.82) is 0 Å². The van der Waals surface area contributed by atoms with E-state index < -0.39 is 5.60 Å². The van der Waals surface area contributed by atoms with Gasteiger partial charge in [-0.25, -0.2) is 14.8 Å². The minimum Gasteiger partial charge on any atom is -0.495 e. The largest absolute Gasteiger partial charge is 0.495 e. The molecule has 1 aromatic heterocycles. The zero-order valence-corrected chi connectivity index (χ0v) is 18.9. The van der Waals surface area contributed by atoms with Crippen LogP contribution in [0.1, 0.15) is 45.2 Å². The Bertz CT molecular complexity index is 929. The molecule has 2 aromatic rings. The molecule has 2 saturated heterocycles. The van der Waals surface area contributed by atoms with E-state index in [0.29, 0.717) is 26.3 Å². The number of methoxy groups -OCH3 is 1. The Morgan fingerprint density at radius 1 is 1.10 bits per heavy atom. The molecule has 3 heterocycles. The van der Waals surface area contributed by atoms with Gasteiger partial charge in [0.05, 0.1) is 37.2 Å². The Kier molecular flexibility index (Phi) is 6.18.